The summed E-state index contributed by atoms with van der Waals surface area (Å²) in [6, 6.07) is 6.93. The van der Waals surface area contributed by atoms with E-state index in [2.05, 4.69) is 12.2 Å². The van der Waals surface area contributed by atoms with E-state index in [0.29, 0.717) is 5.41 Å². The Labute approximate surface area is 97.1 Å². The minimum absolute atomic E-state index is 0.148. The van der Waals surface area contributed by atoms with Crippen LogP contribution >= 0.6 is 0 Å². The lowest BCUT2D eigenvalue weighted by atomic mass is 9.79. The minimum Gasteiger partial charge on any atom is -0.319 e. The van der Waals surface area contributed by atoms with Crippen LogP contribution in [0.3, 0.4) is 0 Å². The molecule has 0 spiro atoms. The fourth-order valence-electron chi connectivity index (χ4n) is 2.60. The lowest BCUT2D eigenvalue weighted by molar-refractivity contribution is 0.263. The lowest BCUT2D eigenvalue weighted by Crippen LogP contribution is -2.33. The first-order chi connectivity index (χ1) is 7.64. The molecule has 1 fully saturated rings. The fourth-order valence-corrected chi connectivity index (χ4v) is 2.60. The second-order valence-electron chi connectivity index (χ2n) is 5.26. The Bertz CT molecular complexity index is 342. The zero-order chi connectivity index (χ0) is 11.6. The van der Waals surface area contributed by atoms with Crippen LogP contribution in [-0.2, 0) is 6.42 Å². The highest BCUT2D eigenvalue weighted by Crippen LogP contribution is 2.46. The molecule has 1 aromatic rings. The first-order valence-corrected chi connectivity index (χ1v) is 6.03. The number of hydrogen-bond donors (Lipinski definition) is 1. The predicted octanol–water partition coefficient (Wildman–Crippen LogP) is 3.00. The Kier molecular flexibility index (Phi) is 3.29. The third kappa shape index (κ3) is 2.62. The number of rotatable bonds is 5. The molecule has 1 aromatic carbocycles. The molecule has 0 bridgehead atoms. The predicted molar refractivity (Wildman–Crippen MR) is 64.9 cm³/mol. The van der Waals surface area contributed by atoms with Gasteiger partial charge in [-0.25, -0.2) is 4.39 Å². The van der Waals surface area contributed by atoms with Crippen molar-refractivity contribution in [2.75, 3.05) is 13.6 Å². The van der Waals surface area contributed by atoms with Crippen molar-refractivity contribution in [3.05, 3.63) is 35.6 Å². The smallest absolute Gasteiger partial charge is 0.123 e. The Morgan fingerprint density at radius 1 is 1.31 bits per heavy atom. The average Bonchev–Trinajstić information content (AvgIpc) is 3.05. The summed E-state index contributed by atoms with van der Waals surface area (Å²) in [5.41, 5.74) is 1.57. The van der Waals surface area contributed by atoms with Crippen LogP contribution in [0.25, 0.3) is 0 Å². The van der Waals surface area contributed by atoms with Gasteiger partial charge in [-0.3, -0.25) is 0 Å². The van der Waals surface area contributed by atoms with Crippen molar-refractivity contribution in [1.29, 1.82) is 0 Å². The Balaban J connectivity index is 2.07. The van der Waals surface area contributed by atoms with Gasteiger partial charge in [0.1, 0.15) is 5.82 Å². The van der Waals surface area contributed by atoms with Crippen LogP contribution in [0.15, 0.2) is 24.3 Å². The largest absolute Gasteiger partial charge is 0.319 e. The minimum atomic E-state index is -0.148. The summed E-state index contributed by atoms with van der Waals surface area (Å²) in [5, 5.41) is 3.29. The molecule has 1 N–H and O–H groups in total. The molecule has 1 atom stereocenters. The second-order valence-corrected chi connectivity index (χ2v) is 5.26. The van der Waals surface area contributed by atoms with Gasteiger partial charge in [-0.05, 0) is 55.3 Å². The lowest BCUT2D eigenvalue weighted by Gasteiger charge is -2.29. The van der Waals surface area contributed by atoms with Crippen molar-refractivity contribution in [3.8, 4) is 0 Å². The van der Waals surface area contributed by atoms with Crippen molar-refractivity contribution >= 4 is 0 Å². The average molecular weight is 221 g/mol. The van der Waals surface area contributed by atoms with Gasteiger partial charge in [-0.1, -0.05) is 19.1 Å². The first kappa shape index (κ1) is 11.6. The van der Waals surface area contributed by atoms with E-state index in [4.69, 9.17) is 0 Å². The van der Waals surface area contributed by atoms with E-state index >= 15 is 0 Å². The molecular weight excluding hydrogens is 201 g/mol. The van der Waals surface area contributed by atoms with Crippen molar-refractivity contribution in [2.24, 2.45) is 11.3 Å². The molecular formula is C14H20FN. The molecule has 0 heterocycles. The summed E-state index contributed by atoms with van der Waals surface area (Å²) in [5.74, 6) is 0.690. The molecule has 0 amide bonds. The highest BCUT2D eigenvalue weighted by molar-refractivity contribution is 5.18. The molecule has 1 nitrogen and oxygen atoms in total. The molecule has 1 aliphatic rings. The van der Waals surface area contributed by atoms with E-state index in [1.807, 2.05) is 19.2 Å². The molecule has 1 aliphatic carbocycles. The van der Waals surface area contributed by atoms with Crippen LogP contribution in [0, 0.1) is 17.2 Å². The van der Waals surface area contributed by atoms with Crippen LogP contribution in [-0.4, -0.2) is 13.6 Å². The summed E-state index contributed by atoms with van der Waals surface area (Å²) in [4.78, 5) is 0. The number of hydrogen-bond acceptors (Lipinski definition) is 1. The maximum Gasteiger partial charge on any atom is 0.123 e. The zero-order valence-electron chi connectivity index (χ0n) is 10.1. The first-order valence-electron chi connectivity index (χ1n) is 6.03. The SMILES string of the molecule is CNCC(C)(Cc1ccc(F)cc1)C1CC1. The quantitative estimate of drug-likeness (QED) is 0.806. The molecule has 88 valence electrons. The number of halogens is 1. The normalized spacial score (nSPS) is 19.4. The summed E-state index contributed by atoms with van der Waals surface area (Å²) in [6.45, 7) is 3.37. The number of benzene rings is 1. The van der Waals surface area contributed by atoms with Gasteiger partial charge >= 0.3 is 0 Å². The van der Waals surface area contributed by atoms with E-state index < -0.39 is 0 Å². The van der Waals surface area contributed by atoms with Gasteiger partial charge in [-0.2, -0.15) is 0 Å². The van der Waals surface area contributed by atoms with Crippen LogP contribution in [0.1, 0.15) is 25.3 Å². The Morgan fingerprint density at radius 2 is 1.94 bits per heavy atom. The molecule has 16 heavy (non-hydrogen) atoms. The zero-order valence-corrected chi connectivity index (χ0v) is 10.1. The summed E-state index contributed by atoms with van der Waals surface area (Å²) in [7, 11) is 2.01. The van der Waals surface area contributed by atoms with Crippen molar-refractivity contribution < 1.29 is 4.39 Å². The van der Waals surface area contributed by atoms with Crippen LogP contribution in [0.5, 0.6) is 0 Å². The second kappa shape index (κ2) is 4.54. The van der Waals surface area contributed by atoms with E-state index in [0.717, 1.165) is 18.9 Å². The Morgan fingerprint density at radius 3 is 2.44 bits per heavy atom. The van der Waals surface area contributed by atoms with E-state index in [-0.39, 0.29) is 5.82 Å². The fraction of sp³-hybridized carbons (Fsp3) is 0.571. The molecule has 0 radical (unpaired) electrons. The molecule has 0 saturated heterocycles. The van der Waals surface area contributed by atoms with Crippen molar-refractivity contribution in [3.63, 3.8) is 0 Å². The van der Waals surface area contributed by atoms with Gasteiger partial charge in [0.05, 0.1) is 0 Å². The van der Waals surface area contributed by atoms with E-state index in [1.54, 1.807) is 12.1 Å². The monoisotopic (exact) mass is 221 g/mol. The topological polar surface area (TPSA) is 12.0 Å². The van der Waals surface area contributed by atoms with E-state index in [9.17, 15) is 4.39 Å². The van der Waals surface area contributed by atoms with Crippen molar-refractivity contribution in [2.45, 2.75) is 26.2 Å². The highest BCUT2D eigenvalue weighted by atomic mass is 19.1. The van der Waals surface area contributed by atoms with Gasteiger partial charge in [0.15, 0.2) is 0 Å². The standard InChI is InChI=1S/C14H20FN/c1-14(10-16-2,12-5-6-12)9-11-3-7-13(15)8-4-11/h3-4,7-8,12,16H,5-6,9-10H2,1-2H3. The molecule has 0 aliphatic heterocycles. The van der Waals surface area contributed by atoms with Crippen LogP contribution in [0.2, 0.25) is 0 Å². The molecule has 1 unspecified atom stereocenters. The van der Waals surface area contributed by atoms with Crippen LogP contribution in [0.4, 0.5) is 4.39 Å². The number of nitrogens with one attached hydrogen (secondary N) is 1. The molecule has 2 heteroatoms. The van der Waals surface area contributed by atoms with Gasteiger partial charge < -0.3 is 5.32 Å². The Hall–Kier alpha value is -0.890. The molecule has 0 aromatic heterocycles. The van der Waals surface area contributed by atoms with E-state index in [1.165, 1.54) is 18.4 Å². The van der Waals surface area contributed by atoms with Crippen LogP contribution < -0.4 is 5.32 Å². The summed E-state index contributed by atoms with van der Waals surface area (Å²) < 4.78 is 12.8. The van der Waals surface area contributed by atoms with Gasteiger partial charge in [0.2, 0.25) is 0 Å². The summed E-state index contributed by atoms with van der Waals surface area (Å²) in [6.07, 6.45) is 3.73. The molecule has 2 rings (SSSR count). The highest BCUT2D eigenvalue weighted by Gasteiger charge is 2.40. The maximum absolute atomic E-state index is 12.8. The molecule has 1 saturated carbocycles. The van der Waals surface area contributed by atoms with Gasteiger partial charge in [0, 0.05) is 6.54 Å². The third-order valence-electron chi connectivity index (χ3n) is 3.66. The summed E-state index contributed by atoms with van der Waals surface area (Å²) >= 11 is 0. The van der Waals surface area contributed by atoms with Gasteiger partial charge in [-0.15, -0.1) is 0 Å². The van der Waals surface area contributed by atoms with Crippen molar-refractivity contribution in [1.82, 2.24) is 5.32 Å². The third-order valence-corrected chi connectivity index (χ3v) is 3.66. The maximum atomic E-state index is 12.8. The van der Waals surface area contributed by atoms with Gasteiger partial charge in [0.25, 0.3) is 0 Å².